The lowest BCUT2D eigenvalue weighted by atomic mass is 10.0. The Morgan fingerprint density at radius 1 is 1.36 bits per heavy atom. The van der Waals surface area contributed by atoms with Crippen molar-refractivity contribution in [2.75, 3.05) is 13.2 Å². The van der Waals surface area contributed by atoms with Crippen LogP contribution in [-0.2, 0) is 9.59 Å². The van der Waals surface area contributed by atoms with Crippen molar-refractivity contribution in [3.63, 3.8) is 0 Å². The normalized spacial score (nSPS) is 16.9. The van der Waals surface area contributed by atoms with E-state index in [0.29, 0.717) is 6.41 Å². The van der Waals surface area contributed by atoms with E-state index in [2.05, 4.69) is 5.32 Å². The summed E-state index contributed by atoms with van der Waals surface area (Å²) in [6.45, 7) is -1.22. The first-order valence-corrected chi connectivity index (χ1v) is 3.89. The molecule has 0 aliphatic carbocycles. The van der Waals surface area contributed by atoms with Gasteiger partial charge in [-0.05, 0) is 0 Å². The number of ketones is 1. The maximum atomic E-state index is 10.7. The fourth-order valence-corrected chi connectivity index (χ4v) is 0.784. The molecule has 7 nitrogen and oxygen atoms in total. The smallest absolute Gasteiger partial charge is 0.207 e. The van der Waals surface area contributed by atoms with Gasteiger partial charge in [-0.25, -0.2) is 0 Å². The minimum Gasteiger partial charge on any atom is -0.388 e. The molecule has 14 heavy (non-hydrogen) atoms. The second-order valence-electron chi connectivity index (χ2n) is 2.65. The number of aliphatic hydroxyl groups excluding tert-OH is 4. The van der Waals surface area contributed by atoms with Crippen molar-refractivity contribution in [3.05, 3.63) is 0 Å². The minimum atomic E-state index is -1.86. The summed E-state index contributed by atoms with van der Waals surface area (Å²) in [5, 5.41) is 37.6. The lowest BCUT2D eigenvalue weighted by Crippen LogP contribution is -2.47. The highest BCUT2D eigenvalue weighted by Crippen LogP contribution is 2.00. The van der Waals surface area contributed by atoms with Crippen LogP contribution in [0.25, 0.3) is 0 Å². The molecule has 0 radical (unpaired) electrons. The van der Waals surface area contributed by atoms with E-state index in [1.54, 1.807) is 0 Å². The highest BCUT2D eigenvalue weighted by molar-refractivity contribution is 5.84. The van der Waals surface area contributed by atoms with Crippen LogP contribution < -0.4 is 5.32 Å². The summed E-state index contributed by atoms with van der Waals surface area (Å²) < 4.78 is 0. The predicted octanol–water partition coefficient (Wildman–Crippen LogP) is -3.62. The van der Waals surface area contributed by atoms with Crippen LogP contribution in [0.15, 0.2) is 0 Å². The van der Waals surface area contributed by atoms with Gasteiger partial charge in [0.25, 0.3) is 0 Å². The van der Waals surface area contributed by atoms with Gasteiger partial charge in [-0.15, -0.1) is 0 Å². The maximum absolute atomic E-state index is 10.7. The van der Waals surface area contributed by atoms with Crippen molar-refractivity contribution in [1.29, 1.82) is 0 Å². The van der Waals surface area contributed by atoms with Crippen LogP contribution in [0.3, 0.4) is 0 Å². The predicted molar refractivity (Wildman–Crippen MR) is 44.2 cm³/mol. The summed E-state index contributed by atoms with van der Waals surface area (Å²) in [5.74, 6) is -0.998. The number of hydrogen-bond donors (Lipinski definition) is 5. The van der Waals surface area contributed by atoms with Gasteiger partial charge < -0.3 is 25.7 Å². The average Bonchev–Trinajstić information content (AvgIpc) is 2.22. The Morgan fingerprint density at radius 2 is 1.93 bits per heavy atom. The molecular formula is C7H13NO6. The van der Waals surface area contributed by atoms with Crippen LogP contribution in [0, 0.1) is 0 Å². The molecule has 0 saturated heterocycles. The second kappa shape index (κ2) is 6.44. The monoisotopic (exact) mass is 207 g/mol. The number of nitrogens with one attached hydrogen (secondary N) is 1. The lowest BCUT2D eigenvalue weighted by molar-refractivity contribution is -0.141. The molecule has 0 unspecified atom stereocenters. The van der Waals surface area contributed by atoms with Crippen molar-refractivity contribution in [2.45, 2.75) is 18.3 Å². The largest absolute Gasteiger partial charge is 0.388 e. The lowest BCUT2D eigenvalue weighted by Gasteiger charge is -2.20. The minimum absolute atomic E-state index is 0.291. The molecule has 0 aliphatic rings. The number of carbonyl (C=O) groups is 2. The van der Waals surface area contributed by atoms with Crippen LogP contribution >= 0.6 is 0 Å². The van der Waals surface area contributed by atoms with E-state index >= 15 is 0 Å². The van der Waals surface area contributed by atoms with Gasteiger partial charge in [0.1, 0.15) is 24.9 Å². The van der Waals surface area contributed by atoms with Gasteiger partial charge in [-0.1, -0.05) is 0 Å². The van der Waals surface area contributed by atoms with Crippen LogP contribution in [-0.4, -0.2) is 64.1 Å². The molecule has 0 fully saturated rings. The van der Waals surface area contributed by atoms with E-state index in [1.165, 1.54) is 0 Å². The van der Waals surface area contributed by atoms with Crippen LogP contribution in [0.5, 0.6) is 0 Å². The third-order valence-electron chi connectivity index (χ3n) is 1.61. The molecule has 3 atom stereocenters. The summed E-state index contributed by atoms with van der Waals surface area (Å²) in [6.07, 6.45) is -4.76. The summed E-state index contributed by atoms with van der Waals surface area (Å²) >= 11 is 0. The SMILES string of the molecule is O=CNC[C@H](O)[C@@H](O)[C@H](O)C(=O)CO. The molecule has 0 bridgehead atoms. The molecule has 0 aromatic rings. The van der Waals surface area contributed by atoms with Crippen molar-refractivity contribution in [1.82, 2.24) is 5.32 Å². The van der Waals surface area contributed by atoms with E-state index in [-0.39, 0.29) is 6.54 Å². The molecule has 0 saturated carbocycles. The van der Waals surface area contributed by atoms with E-state index in [9.17, 15) is 9.59 Å². The molecule has 82 valence electrons. The zero-order valence-corrected chi connectivity index (χ0v) is 7.33. The first-order valence-electron chi connectivity index (χ1n) is 3.89. The Kier molecular flexibility index (Phi) is 5.97. The third-order valence-corrected chi connectivity index (χ3v) is 1.61. The summed E-state index contributed by atoms with van der Waals surface area (Å²) in [7, 11) is 0. The number of rotatable bonds is 7. The van der Waals surface area contributed by atoms with Crippen molar-refractivity contribution in [3.8, 4) is 0 Å². The molecule has 0 spiro atoms. The van der Waals surface area contributed by atoms with E-state index in [1.807, 2.05) is 0 Å². The van der Waals surface area contributed by atoms with E-state index in [4.69, 9.17) is 20.4 Å². The number of Topliss-reactive ketones (excluding diaryl/α,β-unsaturated/α-hetero) is 1. The second-order valence-corrected chi connectivity index (χ2v) is 2.65. The van der Waals surface area contributed by atoms with Crippen LogP contribution in [0.2, 0.25) is 0 Å². The molecule has 7 heteroatoms. The van der Waals surface area contributed by atoms with Crippen molar-refractivity contribution < 1.29 is 30.0 Å². The number of amides is 1. The van der Waals surface area contributed by atoms with Gasteiger partial charge in [-0.2, -0.15) is 0 Å². The quantitative estimate of drug-likeness (QED) is 0.274. The zero-order chi connectivity index (χ0) is 11.1. The molecule has 0 aromatic carbocycles. The van der Waals surface area contributed by atoms with Gasteiger partial charge in [0, 0.05) is 6.54 Å². The van der Waals surface area contributed by atoms with Gasteiger partial charge in [0.05, 0.1) is 0 Å². The third kappa shape index (κ3) is 3.79. The Labute approximate surface area is 80.0 Å². The highest BCUT2D eigenvalue weighted by atomic mass is 16.4. The fraction of sp³-hybridized carbons (Fsp3) is 0.714. The van der Waals surface area contributed by atoms with E-state index in [0.717, 1.165) is 0 Å². The molecule has 5 N–H and O–H groups in total. The van der Waals surface area contributed by atoms with Crippen molar-refractivity contribution in [2.24, 2.45) is 0 Å². The Hall–Kier alpha value is -1.02. The molecular weight excluding hydrogens is 194 g/mol. The van der Waals surface area contributed by atoms with Crippen LogP contribution in [0.1, 0.15) is 0 Å². The summed E-state index contributed by atoms with van der Waals surface area (Å²) in [4.78, 5) is 20.5. The molecule has 0 aliphatic heterocycles. The molecule has 0 heterocycles. The Balaban J connectivity index is 4.08. The van der Waals surface area contributed by atoms with Crippen LogP contribution in [0.4, 0.5) is 0 Å². The molecule has 0 aromatic heterocycles. The van der Waals surface area contributed by atoms with Gasteiger partial charge in [0.2, 0.25) is 6.41 Å². The van der Waals surface area contributed by atoms with Gasteiger partial charge in [-0.3, -0.25) is 9.59 Å². The number of aliphatic hydroxyl groups is 4. The van der Waals surface area contributed by atoms with Crippen molar-refractivity contribution >= 4 is 12.2 Å². The standard InChI is InChI=1S/C7H13NO6/c9-2-5(12)7(14)6(13)4(11)1-8-3-10/h3-4,6-7,9,11,13-14H,1-2H2,(H,8,10)/t4-,6+,7+/m0/s1. The Morgan fingerprint density at radius 3 is 2.36 bits per heavy atom. The number of hydrogen-bond acceptors (Lipinski definition) is 6. The summed E-state index contributed by atoms with van der Waals surface area (Å²) in [5.41, 5.74) is 0. The fourth-order valence-electron chi connectivity index (χ4n) is 0.784. The first-order chi connectivity index (χ1) is 6.54. The molecule has 0 rings (SSSR count). The highest BCUT2D eigenvalue weighted by Gasteiger charge is 2.29. The first kappa shape index (κ1) is 13.0. The average molecular weight is 207 g/mol. The van der Waals surface area contributed by atoms with Gasteiger partial charge >= 0.3 is 0 Å². The maximum Gasteiger partial charge on any atom is 0.207 e. The van der Waals surface area contributed by atoms with Gasteiger partial charge in [0.15, 0.2) is 5.78 Å². The zero-order valence-electron chi connectivity index (χ0n) is 7.33. The Bertz CT molecular complexity index is 197. The summed E-state index contributed by atoms with van der Waals surface area (Å²) in [6, 6.07) is 0. The molecule has 1 amide bonds. The van der Waals surface area contributed by atoms with E-state index < -0.39 is 30.7 Å². The topological polar surface area (TPSA) is 127 Å². The number of carbonyl (C=O) groups excluding carboxylic acids is 2.